The molecule has 8 heteroatoms. The fourth-order valence-electron chi connectivity index (χ4n) is 2.42. The third kappa shape index (κ3) is 7.67. The molecule has 162 valence electrons. The van der Waals surface area contributed by atoms with Crippen LogP contribution in [0.3, 0.4) is 0 Å². The van der Waals surface area contributed by atoms with E-state index < -0.39 is 23.6 Å². The molecule has 7 nitrogen and oxygen atoms in total. The van der Waals surface area contributed by atoms with Crippen molar-refractivity contribution < 1.29 is 33.6 Å². The van der Waals surface area contributed by atoms with E-state index in [-0.39, 0.29) is 19.8 Å². The molecule has 1 unspecified atom stereocenters. The lowest BCUT2D eigenvalue weighted by Crippen LogP contribution is -2.41. The topological polar surface area (TPSA) is 91.3 Å². The summed E-state index contributed by atoms with van der Waals surface area (Å²) in [7, 11) is 0. The minimum atomic E-state index is -1.25. The Labute approximate surface area is 180 Å². The third-order valence-electron chi connectivity index (χ3n) is 3.88. The number of aliphatic hydroxyl groups is 1. The van der Waals surface area contributed by atoms with Gasteiger partial charge in [-0.25, -0.2) is 4.79 Å². The van der Waals surface area contributed by atoms with Gasteiger partial charge in [0.1, 0.15) is 24.2 Å². The van der Waals surface area contributed by atoms with Crippen LogP contribution in [0, 0.1) is 0 Å². The molecule has 0 saturated heterocycles. The number of carbonyl (C=O) groups excluding carboxylic acids is 2. The highest BCUT2D eigenvalue weighted by Gasteiger charge is 2.32. The van der Waals surface area contributed by atoms with E-state index in [9.17, 15) is 14.7 Å². The number of hydrogen-bond acceptors (Lipinski definition) is 7. The molecule has 0 amide bonds. The first kappa shape index (κ1) is 23.7. The number of para-hydroxylation sites is 1. The summed E-state index contributed by atoms with van der Waals surface area (Å²) in [6.07, 6.45) is -1.03. The smallest absolute Gasteiger partial charge is 0.349 e. The van der Waals surface area contributed by atoms with Crippen molar-refractivity contribution in [3.63, 3.8) is 0 Å². The molecule has 0 spiro atoms. The molecule has 0 heterocycles. The summed E-state index contributed by atoms with van der Waals surface area (Å²) < 4.78 is 21.4. The average Bonchev–Trinajstić information content (AvgIpc) is 2.68. The van der Waals surface area contributed by atoms with Crippen LogP contribution in [-0.4, -0.2) is 42.0 Å². The number of aliphatic hydroxyl groups excluding tert-OH is 1. The van der Waals surface area contributed by atoms with Crippen molar-refractivity contribution in [1.29, 1.82) is 0 Å². The van der Waals surface area contributed by atoms with Crippen molar-refractivity contribution in [3.8, 4) is 11.5 Å². The largest absolute Gasteiger partial charge is 0.476 e. The Balaban J connectivity index is 1.77. The van der Waals surface area contributed by atoms with E-state index in [4.69, 9.17) is 30.5 Å². The first-order valence-corrected chi connectivity index (χ1v) is 9.69. The zero-order valence-corrected chi connectivity index (χ0v) is 17.8. The van der Waals surface area contributed by atoms with Crippen molar-refractivity contribution >= 4 is 23.5 Å². The number of esters is 2. The fourth-order valence-corrected chi connectivity index (χ4v) is 2.54. The van der Waals surface area contributed by atoms with Gasteiger partial charge in [0.15, 0.2) is 5.60 Å². The van der Waals surface area contributed by atoms with E-state index in [2.05, 4.69) is 0 Å². The molecule has 2 aromatic rings. The van der Waals surface area contributed by atoms with Crippen LogP contribution in [0.2, 0.25) is 5.02 Å². The Hall–Kier alpha value is -2.61. The number of hydrogen-bond donors (Lipinski definition) is 1. The lowest BCUT2D eigenvalue weighted by molar-refractivity contribution is -0.163. The summed E-state index contributed by atoms with van der Waals surface area (Å²) in [5.41, 5.74) is -0.591. The molecule has 1 atom stereocenters. The zero-order valence-electron chi connectivity index (χ0n) is 17.1. The van der Waals surface area contributed by atoms with E-state index >= 15 is 0 Å². The second-order valence-electron chi connectivity index (χ2n) is 7.04. The molecule has 0 aromatic heterocycles. The molecule has 0 bridgehead atoms. The van der Waals surface area contributed by atoms with E-state index in [1.54, 1.807) is 62.4 Å². The molecule has 0 aliphatic carbocycles. The van der Waals surface area contributed by atoms with Gasteiger partial charge >= 0.3 is 11.9 Å². The summed E-state index contributed by atoms with van der Waals surface area (Å²) in [4.78, 5) is 23.4. The lowest BCUT2D eigenvalue weighted by atomic mass is 10.1. The monoisotopic (exact) mass is 436 g/mol. The molecule has 0 aliphatic rings. The van der Waals surface area contributed by atoms with Crippen LogP contribution in [0.25, 0.3) is 0 Å². The standard InChI is InChI=1S/C22H25ClO7/c1-15(24)29-20-7-5-4-6-16(20)12-27-13-18(25)14-28-21(26)22(2,3)30-19-10-8-17(23)9-11-19/h4-11,18,25H,12-14H2,1-3H3. The van der Waals surface area contributed by atoms with Gasteiger partial charge in [-0.05, 0) is 44.2 Å². The number of carbonyl (C=O) groups is 2. The fraction of sp³-hybridized carbons (Fsp3) is 0.364. The summed E-state index contributed by atoms with van der Waals surface area (Å²) in [5.74, 6) is -0.196. The summed E-state index contributed by atoms with van der Waals surface area (Å²) in [6.45, 7) is 4.25. The van der Waals surface area contributed by atoms with E-state index in [0.717, 1.165) is 0 Å². The Morgan fingerprint density at radius 1 is 1.07 bits per heavy atom. The number of rotatable bonds is 10. The van der Waals surface area contributed by atoms with Crippen molar-refractivity contribution in [3.05, 3.63) is 59.1 Å². The van der Waals surface area contributed by atoms with Gasteiger partial charge < -0.3 is 24.1 Å². The van der Waals surface area contributed by atoms with Crippen molar-refractivity contribution in [1.82, 2.24) is 0 Å². The first-order chi connectivity index (χ1) is 14.2. The second-order valence-corrected chi connectivity index (χ2v) is 7.47. The highest BCUT2D eigenvalue weighted by molar-refractivity contribution is 6.30. The molecule has 30 heavy (non-hydrogen) atoms. The molecule has 0 radical (unpaired) electrons. The van der Waals surface area contributed by atoms with Crippen LogP contribution in [-0.2, 0) is 25.7 Å². The minimum Gasteiger partial charge on any atom is -0.476 e. The number of benzene rings is 2. The molecule has 1 N–H and O–H groups in total. The quantitative estimate of drug-likeness (QED) is 0.450. The molecule has 0 aliphatic heterocycles. The molecule has 0 fully saturated rings. The van der Waals surface area contributed by atoms with Crippen molar-refractivity contribution in [2.75, 3.05) is 13.2 Å². The Kier molecular flexibility index (Phi) is 8.65. The summed E-state index contributed by atoms with van der Waals surface area (Å²) in [5, 5.41) is 10.6. The normalized spacial score (nSPS) is 12.2. The van der Waals surface area contributed by atoms with Crippen LogP contribution >= 0.6 is 11.6 Å². The molecule has 0 saturated carbocycles. The zero-order chi connectivity index (χ0) is 22.1. The predicted octanol–water partition coefficient (Wildman–Crippen LogP) is 3.54. The maximum absolute atomic E-state index is 12.3. The van der Waals surface area contributed by atoms with Crippen molar-refractivity contribution in [2.45, 2.75) is 39.1 Å². The highest BCUT2D eigenvalue weighted by Crippen LogP contribution is 2.22. The van der Waals surface area contributed by atoms with Crippen LogP contribution in [0.15, 0.2) is 48.5 Å². The average molecular weight is 437 g/mol. The summed E-state index contributed by atoms with van der Waals surface area (Å²) >= 11 is 5.83. The highest BCUT2D eigenvalue weighted by atomic mass is 35.5. The Bertz CT molecular complexity index is 849. The Morgan fingerprint density at radius 3 is 2.40 bits per heavy atom. The van der Waals surface area contributed by atoms with Gasteiger partial charge in [0, 0.05) is 17.5 Å². The van der Waals surface area contributed by atoms with E-state index in [1.807, 2.05) is 0 Å². The van der Waals surface area contributed by atoms with Crippen LogP contribution in [0.5, 0.6) is 11.5 Å². The van der Waals surface area contributed by atoms with Gasteiger partial charge in [0.25, 0.3) is 0 Å². The molecule has 2 aromatic carbocycles. The third-order valence-corrected chi connectivity index (χ3v) is 4.13. The molecular weight excluding hydrogens is 412 g/mol. The maximum atomic E-state index is 12.3. The molecule has 2 rings (SSSR count). The lowest BCUT2D eigenvalue weighted by Gasteiger charge is -2.25. The van der Waals surface area contributed by atoms with E-state index in [0.29, 0.717) is 22.1 Å². The van der Waals surface area contributed by atoms with Gasteiger partial charge in [0.05, 0.1) is 13.2 Å². The number of ether oxygens (including phenoxy) is 4. The predicted molar refractivity (Wildman–Crippen MR) is 111 cm³/mol. The van der Waals surface area contributed by atoms with Crippen LogP contribution in [0.4, 0.5) is 0 Å². The van der Waals surface area contributed by atoms with Crippen LogP contribution in [0.1, 0.15) is 26.3 Å². The minimum absolute atomic E-state index is 0.0693. The van der Waals surface area contributed by atoms with Crippen LogP contribution < -0.4 is 9.47 Å². The van der Waals surface area contributed by atoms with Gasteiger partial charge in [0.2, 0.25) is 0 Å². The SMILES string of the molecule is CC(=O)Oc1ccccc1COCC(O)COC(=O)C(C)(C)Oc1ccc(Cl)cc1. The van der Waals surface area contributed by atoms with Crippen molar-refractivity contribution in [2.24, 2.45) is 0 Å². The second kappa shape index (κ2) is 11.0. The van der Waals surface area contributed by atoms with Gasteiger partial charge in [-0.3, -0.25) is 4.79 Å². The number of halogens is 1. The van der Waals surface area contributed by atoms with E-state index in [1.165, 1.54) is 6.92 Å². The van der Waals surface area contributed by atoms with Gasteiger partial charge in [-0.1, -0.05) is 29.8 Å². The first-order valence-electron chi connectivity index (χ1n) is 9.31. The molecular formula is C22H25ClO7. The van der Waals surface area contributed by atoms with Gasteiger partial charge in [-0.15, -0.1) is 0 Å². The Morgan fingerprint density at radius 2 is 1.73 bits per heavy atom. The van der Waals surface area contributed by atoms with Gasteiger partial charge in [-0.2, -0.15) is 0 Å². The summed E-state index contributed by atoms with van der Waals surface area (Å²) in [6, 6.07) is 13.5. The maximum Gasteiger partial charge on any atom is 0.349 e.